The number of ether oxygens (including phenoxy) is 1. The summed E-state index contributed by atoms with van der Waals surface area (Å²) in [6, 6.07) is 5.14. The van der Waals surface area contributed by atoms with Crippen LogP contribution in [-0.4, -0.2) is 39.2 Å². The molecular weight excluding hydrogens is 384 g/mol. The van der Waals surface area contributed by atoms with E-state index in [4.69, 9.17) is 16.3 Å². The molecule has 10 heteroatoms. The molecule has 128 valence electrons. The topological polar surface area (TPSA) is 94.1 Å². The van der Waals surface area contributed by atoms with Gasteiger partial charge in [-0.15, -0.1) is 11.3 Å². The maximum atomic E-state index is 11.8. The molecule has 0 spiro atoms. The number of amides is 1. The molecule has 3 aromatic heterocycles. The lowest BCUT2D eigenvalue weighted by atomic mass is 10.4. The number of thioether (sulfide) groups is 1. The second-order valence-electron chi connectivity index (χ2n) is 4.66. The molecule has 0 fully saturated rings. The summed E-state index contributed by atoms with van der Waals surface area (Å²) in [6.45, 7) is -0.401. The summed E-state index contributed by atoms with van der Waals surface area (Å²) < 4.78 is 4.96. The van der Waals surface area contributed by atoms with Crippen molar-refractivity contribution in [2.24, 2.45) is 0 Å². The number of anilines is 1. The van der Waals surface area contributed by atoms with Crippen LogP contribution in [0.5, 0.6) is 0 Å². The predicted octanol–water partition coefficient (Wildman–Crippen LogP) is 3.01. The summed E-state index contributed by atoms with van der Waals surface area (Å²) in [4.78, 5) is 36.6. The van der Waals surface area contributed by atoms with Crippen molar-refractivity contribution in [3.8, 4) is 0 Å². The lowest BCUT2D eigenvalue weighted by Crippen LogP contribution is -2.21. The average Bonchev–Trinajstić information content (AvgIpc) is 3.09. The van der Waals surface area contributed by atoms with Crippen LogP contribution in [0.15, 0.2) is 41.1 Å². The molecule has 0 unspecified atom stereocenters. The molecule has 7 nitrogen and oxygen atoms in total. The van der Waals surface area contributed by atoms with Crippen LogP contribution in [-0.2, 0) is 14.3 Å². The standard InChI is InChI=1S/C15H11ClN4O3S2/c16-13-10(2-1-4-17-13)20-11(21)6-23-12(22)7-25-15-9-3-5-24-14(9)18-8-19-15/h1-5,8H,6-7H2,(H,20,21). The van der Waals surface area contributed by atoms with Crippen molar-refractivity contribution in [3.63, 3.8) is 0 Å². The van der Waals surface area contributed by atoms with E-state index in [2.05, 4.69) is 20.3 Å². The maximum Gasteiger partial charge on any atom is 0.316 e. The first kappa shape index (κ1) is 17.6. The van der Waals surface area contributed by atoms with Crippen LogP contribution < -0.4 is 5.32 Å². The first-order valence-electron chi connectivity index (χ1n) is 7.00. The SMILES string of the molecule is O=C(COC(=O)CSc1ncnc2sccc12)Nc1cccnc1Cl. The first-order valence-corrected chi connectivity index (χ1v) is 9.25. The van der Waals surface area contributed by atoms with E-state index >= 15 is 0 Å². The molecular formula is C15H11ClN4O3S2. The van der Waals surface area contributed by atoms with Gasteiger partial charge in [-0.25, -0.2) is 15.0 Å². The van der Waals surface area contributed by atoms with Crippen LogP contribution in [0.25, 0.3) is 10.2 Å². The fraction of sp³-hybridized carbons (Fsp3) is 0.133. The minimum absolute atomic E-state index is 0.0445. The van der Waals surface area contributed by atoms with Crippen LogP contribution in [0.2, 0.25) is 5.15 Å². The Bertz CT molecular complexity index is 918. The molecule has 3 heterocycles. The van der Waals surface area contributed by atoms with Crippen molar-refractivity contribution in [3.05, 3.63) is 41.3 Å². The molecule has 0 aromatic carbocycles. The van der Waals surface area contributed by atoms with Crippen molar-refractivity contribution < 1.29 is 14.3 Å². The zero-order valence-electron chi connectivity index (χ0n) is 12.6. The molecule has 1 N–H and O–H groups in total. The third-order valence-corrected chi connectivity index (χ3v) is 5.05. The molecule has 3 rings (SSSR count). The van der Waals surface area contributed by atoms with Gasteiger partial charge in [-0.1, -0.05) is 23.4 Å². The van der Waals surface area contributed by atoms with Gasteiger partial charge in [-0.3, -0.25) is 9.59 Å². The molecule has 1 amide bonds. The van der Waals surface area contributed by atoms with E-state index in [1.165, 1.54) is 35.6 Å². The Morgan fingerprint density at radius 1 is 1.28 bits per heavy atom. The lowest BCUT2D eigenvalue weighted by molar-refractivity contribution is -0.144. The quantitative estimate of drug-likeness (QED) is 0.297. The molecule has 25 heavy (non-hydrogen) atoms. The van der Waals surface area contributed by atoms with Gasteiger partial charge in [-0.05, 0) is 23.6 Å². The Hall–Kier alpha value is -2.23. The van der Waals surface area contributed by atoms with Crippen LogP contribution in [0.4, 0.5) is 5.69 Å². The molecule has 0 saturated heterocycles. The van der Waals surface area contributed by atoms with Gasteiger partial charge in [0.25, 0.3) is 5.91 Å². The molecule has 0 aliphatic rings. The zero-order valence-corrected chi connectivity index (χ0v) is 15.0. The van der Waals surface area contributed by atoms with Gasteiger partial charge in [0.05, 0.1) is 11.4 Å². The van der Waals surface area contributed by atoms with E-state index in [0.717, 1.165) is 10.2 Å². The molecule has 0 aliphatic carbocycles. The molecule has 0 radical (unpaired) electrons. The van der Waals surface area contributed by atoms with Crippen molar-refractivity contribution >= 4 is 62.5 Å². The fourth-order valence-corrected chi connectivity index (χ4v) is 3.61. The predicted molar refractivity (Wildman–Crippen MR) is 97.0 cm³/mol. The molecule has 0 atom stereocenters. The second kappa shape index (κ2) is 8.24. The Morgan fingerprint density at radius 3 is 3.00 bits per heavy atom. The van der Waals surface area contributed by atoms with Gasteiger partial charge < -0.3 is 10.1 Å². The molecule has 0 saturated carbocycles. The number of esters is 1. The number of aromatic nitrogens is 3. The fourth-order valence-electron chi connectivity index (χ4n) is 1.86. The summed E-state index contributed by atoms with van der Waals surface area (Å²) in [5, 5.41) is 6.20. The maximum absolute atomic E-state index is 11.8. The number of rotatable bonds is 6. The normalized spacial score (nSPS) is 10.6. The van der Waals surface area contributed by atoms with Gasteiger partial charge in [0.1, 0.15) is 16.2 Å². The summed E-state index contributed by atoms with van der Waals surface area (Å²) in [5.41, 5.74) is 0.362. The van der Waals surface area contributed by atoms with E-state index < -0.39 is 18.5 Å². The van der Waals surface area contributed by atoms with Crippen LogP contribution >= 0.6 is 34.7 Å². The molecule has 0 bridgehead atoms. The van der Waals surface area contributed by atoms with Crippen molar-refractivity contribution in [2.75, 3.05) is 17.7 Å². The van der Waals surface area contributed by atoms with E-state index in [-0.39, 0.29) is 10.9 Å². The number of hydrogen-bond acceptors (Lipinski definition) is 8. The van der Waals surface area contributed by atoms with Gasteiger partial charge in [0.15, 0.2) is 11.8 Å². The van der Waals surface area contributed by atoms with Gasteiger partial charge in [0, 0.05) is 11.6 Å². The summed E-state index contributed by atoms with van der Waals surface area (Å²) in [6.07, 6.45) is 2.96. The van der Waals surface area contributed by atoms with Crippen molar-refractivity contribution in [1.29, 1.82) is 0 Å². The third-order valence-electron chi connectivity index (χ3n) is 2.95. The Labute approximate surface area is 155 Å². The highest BCUT2D eigenvalue weighted by atomic mass is 35.5. The number of hydrogen-bond donors (Lipinski definition) is 1. The Morgan fingerprint density at radius 2 is 2.16 bits per heavy atom. The van der Waals surface area contributed by atoms with E-state index in [1.807, 2.05) is 11.4 Å². The number of halogens is 1. The van der Waals surface area contributed by atoms with Gasteiger partial charge >= 0.3 is 5.97 Å². The van der Waals surface area contributed by atoms with E-state index in [9.17, 15) is 9.59 Å². The number of thiophene rings is 1. The second-order valence-corrected chi connectivity index (χ2v) is 6.87. The average molecular weight is 395 g/mol. The number of carbonyl (C=O) groups excluding carboxylic acids is 2. The number of carbonyl (C=O) groups is 2. The first-order chi connectivity index (χ1) is 12.1. The zero-order chi connectivity index (χ0) is 17.6. The van der Waals surface area contributed by atoms with Crippen LogP contribution in [0.3, 0.4) is 0 Å². The minimum Gasteiger partial charge on any atom is -0.455 e. The number of nitrogens with one attached hydrogen (secondary N) is 1. The lowest BCUT2D eigenvalue weighted by Gasteiger charge is -2.07. The van der Waals surface area contributed by atoms with E-state index in [0.29, 0.717) is 10.7 Å². The third kappa shape index (κ3) is 4.65. The monoisotopic (exact) mass is 394 g/mol. The summed E-state index contributed by atoms with van der Waals surface area (Å²) in [7, 11) is 0. The number of pyridine rings is 1. The van der Waals surface area contributed by atoms with Crippen LogP contribution in [0.1, 0.15) is 0 Å². The summed E-state index contributed by atoms with van der Waals surface area (Å²) >= 11 is 8.58. The highest BCUT2D eigenvalue weighted by molar-refractivity contribution is 8.00. The Balaban J connectivity index is 1.47. The van der Waals surface area contributed by atoms with Gasteiger partial charge in [0.2, 0.25) is 0 Å². The number of nitrogens with zero attached hydrogens (tertiary/aromatic N) is 3. The van der Waals surface area contributed by atoms with Crippen molar-refractivity contribution in [2.45, 2.75) is 5.03 Å². The molecule has 0 aliphatic heterocycles. The molecule has 3 aromatic rings. The van der Waals surface area contributed by atoms with Gasteiger partial charge in [-0.2, -0.15) is 0 Å². The summed E-state index contributed by atoms with van der Waals surface area (Å²) in [5.74, 6) is -0.960. The minimum atomic E-state index is -0.514. The highest BCUT2D eigenvalue weighted by Crippen LogP contribution is 2.27. The van der Waals surface area contributed by atoms with E-state index in [1.54, 1.807) is 12.1 Å². The highest BCUT2D eigenvalue weighted by Gasteiger charge is 2.12. The Kier molecular flexibility index (Phi) is 5.79. The van der Waals surface area contributed by atoms with Crippen molar-refractivity contribution in [1.82, 2.24) is 15.0 Å². The number of fused-ring (bicyclic) bond motifs is 1. The largest absolute Gasteiger partial charge is 0.455 e. The van der Waals surface area contributed by atoms with Crippen LogP contribution in [0, 0.1) is 0 Å². The smallest absolute Gasteiger partial charge is 0.316 e.